The number of amides is 3. The second-order valence-electron chi connectivity index (χ2n) is 6.05. The molecule has 0 bridgehead atoms. The zero-order chi connectivity index (χ0) is 21.8. The first-order valence-electron chi connectivity index (χ1n) is 8.55. The van der Waals surface area contributed by atoms with Crippen molar-refractivity contribution in [2.75, 3.05) is 24.4 Å². The van der Waals surface area contributed by atoms with Crippen molar-refractivity contribution in [3.8, 4) is 11.5 Å². The molecule has 0 aliphatic carbocycles. The normalized spacial score (nSPS) is 15.9. The second kappa shape index (κ2) is 9.13. The molecule has 10 nitrogen and oxygen atoms in total. The Hall–Kier alpha value is -3.12. The van der Waals surface area contributed by atoms with Crippen molar-refractivity contribution in [3.63, 3.8) is 0 Å². The summed E-state index contributed by atoms with van der Waals surface area (Å²) in [5, 5.41) is 11.6. The maximum atomic E-state index is 12.8. The number of methoxy groups -OCH3 is 2. The molecule has 2 aromatic rings. The van der Waals surface area contributed by atoms with E-state index in [0.717, 1.165) is 28.0 Å². The predicted molar refractivity (Wildman–Crippen MR) is 111 cm³/mol. The number of ether oxygens (including phenoxy) is 2. The van der Waals surface area contributed by atoms with Crippen LogP contribution in [0.4, 0.5) is 15.6 Å². The highest BCUT2D eigenvalue weighted by Gasteiger charge is 2.42. The van der Waals surface area contributed by atoms with Crippen LogP contribution >= 0.6 is 23.1 Å². The summed E-state index contributed by atoms with van der Waals surface area (Å²) < 4.78 is 10.4. The topological polar surface area (TPSA) is 135 Å². The Morgan fingerprint density at radius 1 is 1.27 bits per heavy atom. The Bertz CT molecular complexity index is 1010. The maximum Gasteiger partial charge on any atom is 0.309 e. The molecule has 2 N–H and O–H groups in total. The van der Waals surface area contributed by atoms with E-state index < -0.39 is 28.3 Å². The highest BCUT2D eigenvalue weighted by atomic mass is 32.2. The molecule has 1 fully saturated rings. The lowest BCUT2D eigenvalue weighted by Crippen LogP contribution is -2.33. The monoisotopic (exact) mass is 451 g/mol. The van der Waals surface area contributed by atoms with E-state index in [4.69, 9.17) is 14.6 Å². The Morgan fingerprint density at radius 2 is 2.03 bits per heavy atom. The van der Waals surface area contributed by atoms with Gasteiger partial charge in [0.1, 0.15) is 16.7 Å². The fourth-order valence-electron chi connectivity index (χ4n) is 2.71. The number of carbonyl (C=O) groups is 4. The molecule has 1 saturated heterocycles. The molecule has 158 valence electrons. The molecule has 3 amide bonds. The van der Waals surface area contributed by atoms with E-state index in [1.807, 2.05) is 0 Å². The Morgan fingerprint density at radius 3 is 2.70 bits per heavy atom. The van der Waals surface area contributed by atoms with E-state index in [1.54, 1.807) is 12.1 Å². The van der Waals surface area contributed by atoms with Crippen molar-refractivity contribution in [2.24, 2.45) is 0 Å². The van der Waals surface area contributed by atoms with E-state index in [0.29, 0.717) is 11.4 Å². The number of rotatable bonds is 8. The summed E-state index contributed by atoms with van der Waals surface area (Å²) in [5.74, 6) is -1.28. The van der Waals surface area contributed by atoms with Gasteiger partial charge in [-0.25, -0.2) is 9.88 Å². The Balaban J connectivity index is 1.68. The molecule has 12 heteroatoms. The third kappa shape index (κ3) is 4.71. The number of benzene rings is 1. The van der Waals surface area contributed by atoms with Crippen molar-refractivity contribution in [2.45, 2.75) is 18.1 Å². The summed E-state index contributed by atoms with van der Waals surface area (Å²) >= 11 is 1.83. The van der Waals surface area contributed by atoms with E-state index in [9.17, 15) is 19.2 Å². The van der Waals surface area contributed by atoms with Crippen LogP contribution in [-0.2, 0) is 20.8 Å². The first-order valence-corrected chi connectivity index (χ1v) is 10.3. The zero-order valence-corrected chi connectivity index (χ0v) is 17.5. The van der Waals surface area contributed by atoms with Crippen LogP contribution in [-0.4, -0.2) is 52.6 Å². The van der Waals surface area contributed by atoms with Crippen LogP contribution in [0, 0.1) is 0 Å². The maximum absolute atomic E-state index is 12.8. The van der Waals surface area contributed by atoms with Gasteiger partial charge in [-0.3, -0.25) is 19.2 Å². The highest BCUT2D eigenvalue weighted by molar-refractivity contribution is 8.15. The lowest BCUT2D eigenvalue weighted by atomic mass is 10.2. The van der Waals surface area contributed by atoms with Crippen molar-refractivity contribution >= 4 is 56.9 Å². The molecule has 1 unspecified atom stereocenters. The van der Waals surface area contributed by atoms with Crippen molar-refractivity contribution < 1.29 is 33.8 Å². The lowest BCUT2D eigenvalue weighted by molar-refractivity contribution is -0.136. The number of hydrogen-bond acceptors (Lipinski definition) is 9. The van der Waals surface area contributed by atoms with Gasteiger partial charge in [0.2, 0.25) is 11.8 Å². The summed E-state index contributed by atoms with van der Waals surface area (Å²) in [6.07, 6.45) is -0.492. The Labute approximate surface area is 179 Å². The van der Waals surface area contributed by atoms with E-state index in [-0.39, 0.29) is 29.4 Å². The van der Waals surface area contributed by atoms with E-state index in [2.05, 4.69) is 10.3 Å². The van der Waals surface area contributed by atoms with Gasteiger partial charge in [-0.2, -0.15) is 0 Å². The second-order valence-corrected chi connectivity index (χ2v) is 8.06. The number of anilines is 2. The largest absolute Gasteiger partial charge is 0.497 e. The molecule has 1 atom stereocenters. The van der Waals surface area contributed by atoms with Gasteiger partial charge in [-0.05, 0) is 23.9 Å². The third-order valence-electron chi connectivity index (χ3n) is 4.05. The number of nitrogens with one attached hydrogen (secondary N) is 1. The summed E-state index contributed by atoms with van der Waals surface area (Å²) in [5.41, 5.74) is 0.587. The van der Waals surface area contributed by atoms with Gasteiger partial charge in [0.05, 0.1) is 32.0 Å². The lowest BCUT2D eigenvalue weighted by Gasteiger charge is -2.17. The van der Waals surface area contributed by atoms with Gasteiger partial charge in [-0.1, -0.05) is 0 Å². The molecule has 0 saturated carbocycles. The summed E-state index contributed by atoms with van der Waals surface area (Å²) in [4.78, 5) is 53.2. The number of nitrogens with zero attached hydrogens (tertiary/aromatic N) is 2. The molecule has 30 heavy (non-hydrogen) atoms. The molecule has 1 aliphatic heterocycles. The van der Waals surface area contributed by atoms with Crippen LogP contribution in [0.5, 0.6) is 11.5 Å². The van der Waals surface area contributed by atoms with Gasteiger partial charge >= 0.3 is 5.97 Å². The minimum atomic E-state index is -1.03. The third-order valence-corrected chi connectivity index (χ3v) is 5.89. The van der Waals surface area contributed by atoms with Crippen LogP contribution in [0.3, 0.4) is 0 Å². The minimum Gasteiger partial charge on any atom is -0.497 e. The van der Waals surface area contributed by atoms with Crippen LogP contribution in [0.2, 0.25) is 0 Å². The minimum absolute atomic E-state index is 0.228. The smallest absolute Gasteiger partial charge is 0.309 e. The van der Waals surface area contributed by atoms with Crippen LogP contribution in [0.1, 0.15) is 12.1 Å². The molecular weight excluding hydrogens is 434 g/mol. The van der Waals surface area contributed by atoms with E-state index in [1.165, 1.54) is 25.7 Å². The predicted octanol–water partition coefficient (Wildman–Crippen LogP) is 2.38. The molecule has 1 aliphatic rings. The number of aliphatic carboxylic acids is 1. The SMILES string of the molecule is COc1ccc(N2C(=O)SC(CC(=O)Nc3nc(CC(=O)O)cs3)C2=O)c(OC)c1. The van der Waals surface area contributed by atoms with Crippen molar-refractivity contribution in [1.82, 2.24) is 4.98 Å². The van der Waals surface area contributed by atoms with Gasteiger partial charge in [-0.15, -0.1) is 11.3 Å². The first kappa shape index (κ1) is 21.6. The quantitative estimate of drug-likeness (QED) is 0.620. The van der Waals surface area contributed by atoms with Crippen molar-refractivity contribution in [1.29, 1.82) is 0 Å². The summed E-state index contributed by atoms with van der Waals surface area (Å²) in [7, 11) is 2.90. The number of thioether (sulfide) groups is 1. The fraction of sp³-hybridized carbons (Fsp3) is 0.278. The average molecular weight is 451 g/mol. The number of imide groups is 1. The van der Waals surface area contributed by atoms with Crippen LogP contribution < -0.4 is 19.7 Å². The van der Waals surface area contributed by atoms with Crippen LogP contribution in [0.15, 0.2) is 23.6 Å². The molecule has 2 heterocycles. The average Bonchev–Trinajstić information content (AvgIpc) is 3.24. The number of thiazole rings is 1. The Kier molecular flexibility index (Phi) is 6.57. The fourth-order valence-corrected chi connectivity index (χ4v) is 4.42. The van der Waals surface area contributed by atoms with Gasteiger partial charge < -0.3 is 19.9 Å². The van der Waals surface area contributed by atoms with Gasteiger partial charge in [0.25, 0.3) is 5.24 Å². The number of aromatic nitrogens is 1. The molecule has 3 rings (SSSR count). The first-order chi connectivity index (χ1) is 14.3. The van der Waals surface area contributed by atoms with Gasteiger partial charge in [0, 0.05) is 17.9 Å². The van der Waals surface area contributed by atoms with Crippen LogP contribution in [0.25, 0.3) is 0 Å². The van der Waals surface area contributed by atoms with E-state index >= 15 is 0 Å². The molecule has 1 aromatic carbocycles. The summed E-state index contributed by atoms with van der Waals surface area (Å²) in [6, 6.07) is 4.69. The van der Waals surface area contributed by atoms with Gasteiger partial charge in [0.15, 0.2) is 5.13 Å². The molecular formula is C18H17N3O7S2. The number of hydrogen-bond donors (Lipinski definition) is 2. The highest BCUT2D eigenvalue weighted by Crippen LogP contribution is 2.39. The zero-order valence-electron chi connectivity index (χ0n) is 15.9. The standard InChI is InChI=1S/C18H17N3O7S2/c1-27-10-3-4-11(12(6-10)28-2)21-16(25)13(30-18(21)26)7-14(22)20-17-19-9(8-29-17)5-15(23)24/h3-4,6,8,13H,5,7H2,1-2H3,(H,23,24)(H,19,20,22). The number of carbonyl (C=O) groups excluding carboxylic acids is 3. The molecule has 0 radical (unpaired) electrons. The number of carboxylic acid groups (broad SMARTS) is 1. The summed E-state index contributed by atoms with van der Waals surface area (Å²) in [6.45, 7) is 0. The number of carboxylic acids is 1. The molecule has 0 spiro atoms. The molecule has 1 aromatic heterocycles. The van der Waals surface area contributed by atoms with Crippen molar-refractivity contribution in [3.05, 3.63) is 29.3 Å².